The Morgan fingerprint density at radius 1 is 1.09 bits per heavy atom. The summed E-state index contributed by atoms with van der Waals surface area (Å²) in [6, 6.07) is 9.24. The minimum absolute atomic E-state index is 0.0196. The molecule has 0 bridgehead atoms. The smallest absolute Gasteiger partial charge is 0.254 e. The summed E-state index contributed by atoms with van der Waals surface area (Å²) < 4.78 is 14.6. The Balaban J connectivity index is 1.36. The van der Waals surface area contributed by atoms with Gasteiger partial charge in [-0.05, 0) is 43.2 Å². The van der Waals surface area contributed by atoms with Crippen molar-refractivity contribution < 1.29 is 9.18 Å². The zero-order chi connectivity index (χ0) is 22.8. The number of fused-ring (bicyclic) bond motifs is 1. The molecule has 2 aliphatic rings. The Morgan fingerprint density at radius 2 is 1.94 bits per heavy atom. The third-order valence-corrected chi connectivity index (χ3v) is 6.14. The highest BCUT2D eigenvalue weighted by molar-refractivity contribution is 5.97. The lowest BCUT2D eigenvalue weighted by atomic mass is 9.95. The van der Waals surface area contributed by atoms with Crippen LogP contribution < -0.4 is 15.5 Å². The van der Waals surface area contributed by atoms with Crippen LogP contribution in [0.5, 0.6) is 0 Å². The van der Waals surface area contributed by atoms with Crippen molar-refractivity contribution >= 4 is 23.4 Å². The minimum atomic E-state index is -0.514. The maximum atomic E-state index is 14.6. The number of hydrogen-bond donors (Lipinski definition) is 2. The third-order valence-electron chi connectivity index (χ3n) is 6.14. The predicted octanol–water partition coefficient (Wildman–Crippen LogP) is 2.85. The lowest BCUT2D eigenvalue weighted by Crippen LogP contribution is -2.43. The number of nitrogens with one attached hydrogen (secondary N) is 2. The molecule has 0 saturated carbocycles. The zero-order valence-electron chi connectivity index (χ0n) is 18.5. The summed E-state index contributed by atoms with van der Waals surface area (Å²) in [7, 11) is 0. The van der Waals surface area contributed by atoms with E-state index in [4.69, 9.17) is 0 Å². The number of carbonyl (C=O) groups is 1. The van der Waals surface area contributed by atoms with Gasteiger partial charge in [0, 0.05) is 50.4 Å². The van der Waals surface area contributed by atoms with Gasteiger partial charge in [-0.1, -0.05) is 6.07 Å². The Kier molecular flexibility index (Phi) is 5.87. The summed E-state index contributed by atoms with van der Waals surface area (Å²) in [6.07, 6.45) is 3.71. The van der Waals surface area contributed by atoms with Crippen LogP contribution in [0.2, 0.25) is 0 Å². The normalized spacial score (nSPS) is 16.0. The van der Waals surface area contributed by atoms with Gasteiger partial charge in [0.05, 0.1) is 18.1 Å². The van der Waals surface area contributed by atoms with Gasteiger partial charge in [0.25, 0.3) is 5.91 Å². The van der Waals surface area contributed by atoms with Crippen molar-refractivity contribution in [2.75, 3.05) is 49.5 Å². The Hall–Kier alpha value is -3.59. The standard InChI is InChI=1S/C24H26FN7O/c1-2-31-10-7-16-13-17(3-5-19(16)23(31)33)22-20(25)15-28-24(30-22)29-21-6-4-18(14-27-21)32-11-8-26-9-12-32/h3-6,13-15,26H,2,7-12H2,1H3,(H,27,28,29,30). The number of aromatic nitrogens is 3. The van der Waals surface area contributed by atoms with E-state index < -0.39 is 5.82 Å². The van der Waals surface area contributed by atoms with Crippen LogP contribution >= 0.6 is 0 Å². The van der Waals surface area contributed by atoms with E-state index in [1.807, 2.05) is 36.2 Å². The molecule has 8 nitrogen and oxygen atoms in total. The summed E-state index contributed by atoms with van der Waals surface area (Å²) in [6.45, 7) is 7.12. The highest BCUT2D eigenvalue weighted by atomic mass is 19.1. The molecular weight excluding hydrogens is 421 g/mol. The maximum absolute atomic E-state index is 14.6. The first-order valence-corrected chi connectivity index (χ1v) is 11.3. The average molecular weight is 448 g/mol. The van der Waals surface area contributed by atoms with Gasteiger partial charge in [0.15, 0.2) is 5.82 Å². The van der Waals surface area contributed by atoms with Gasteiger partial charge in [-0.2, -0.15) is 0 Å². The van der Waals surface area contributed by atoms with Gasteiger partial charge in [-0.3, -0.25) is 4.79 Å². The van der Waals surface area contributed by atoms with Crippen LogP contribution in [0.4, 0.5) is 21.8 Å². The van der Waals surface area contributed by atoms with Gasteiger partial charge in [0.2, 0.25) is 5.95 Å². The van der Waals surface area contributed by atoms with Crippen molar-refractivity contribution in [2.45, 2.75) is 13.3 Å². The van der Waals surface area contributed by atoms with Gasteiger partial charge in [0.1, 0.15) is 11.5 Å². The number of benzene rings is 1. The molecule has 2 aromatic heterocycles. The van der Waals surface area contributed by atoms with E-state index in [1.54, 1.807) is 12.1 Å². The molecule has 2 N–H and O–H groups in total. The van der Waals surface area contributed by atoms with E-state index in [0.29, 0.717) is 30.0 Å². The number of carbonyl (C=O) groups excluding carboxylic acids is 1. The molecule has 1 aromatic carbocycles. The van der Waals surface area contributed by atoms with Crippen LogP contribution in [0, 0.1) is 5.82 Å². The van der Waals surface area contributed by atoms with E-state index in [-0.39, 0.29) is 17.5 Å². The number of hydrogen-bond acceptors (Lipinski definition) is 7. The van der Waals surface area contributed by atoms with Crippen LogP contribution in [0.15, 0.2) is 42.7 Å². The monoisotopic (exact) mass is 447 g/mol. The molecule has 9 heteroatoms. The first kappa shape index (κ1) is 21.3. The molecular formula is C24H26FN7O. The van der Waals surface area contributed by atoms with E-state index in [9.17, 15) is 9.18 Å². The summed E-state index contributed by atoms with van der Waals surface area (Å²) in [5.74, 6) is 0.355. The van der Waals surface area contributed by atoms with Gasteiger partial charge >= 0.3 is 0 Å². The van der Waals surface area contributed by atoms with Crippen molar-refractivity contribution in [1.82, 2.24) is 25.2 Å². The Labute approximate surface area is 191 Å². The van der Waals surface area contributed by atoms with E-state index in [0.717, 1.165) is 50.0 Å². The van der Waals surface area contributed by atoms with Crippen molar-refractivity contribution in [2.24, 2.45) is 0 Å². The number of anilines is 3. The molecule has 0 radical (unpaired) electrons. The molecule has 33 heavy (non-hydrogen) atoms. The largest absolute Gasteiger partial charge is 0.368 e. The summed E-state index contributed by atoms with van der Waals surface area (Å²) in [5, 5.41) is 6.40. The minimum Gasteiger partial charge on any atom is -0.368 e. The number of pyridine rings is 1. The maximum Gasteiger partial charge on any atom is 0.254 e. The number of nitrogens with zero attached hydrogens (tertiary/aromatic N) is 5. The van der Waals surface area contributed by atoms with Crippen LogP contribution in [-0.2, 0) is 6.42 Å². The molecule has 1 fully saturated rings. The van der Waals surface area contributed by atoms with Crippen LogP contribution in [0.1, 0.15) is 22.8 Å². The fourth-order valence-corrected chi connectivity index (χ4v) is 4.30. The van der Waals surface area contributed by atoms with Crippen LogP contribution in [-0.4, -0.2) is 65.0 Å². The molecule has 0 spiro atoms. The van der Waals surface area contributed by atoms with Crippen molar-refractivity contribution in [3.8, 4) is 11.3 Å². The van der Waals surface area contributed by atoms with Crippen molar-refractivity contribution in [3.05, 3.63) is 59.7 Å². The van der Waals surface area contributed by atoms with E-state index in [2.05, 4.69) is 30.5 Å². The predicted molar refractivity (Wildman–Crippen MR) is 125 cm³/mol. The van der Waals surface area contributed by atoms with E-state index >= 15 is 0 Å². The number of piperazine rings is 1. The second-order valence-electron chi connectivity index (χ2n) is 8.16. The number of amides is 1. The number of rotatable bonds is 5. The summed E-state index contributed by atoms with van der Waals surface area (Å²) in [5.41, 5.74) is 3.47. The van der Waals surface area contributed by atoms with Crippen molar-refractivity contribution in [1.29, 1.82) is 0 Å². The second kappa shape index (κ2) is 9.11. The number of halogens is 1. The molecule has 0 aliphatic carbocycles. The summed E-state index contributed by atoms with van der Waals surface area (Å²) in [4.78, 5) is 29.6. The molecule has 1 saturated heterocycles. The first-order valence-electron chi connectivity index (χ1n) is 11.3. The first-order chi connectivity index (χ1) is 16.1. The van der Waals surface area contributed by atoms with Gasteiger partial charge < -0.3 is 20.4 Å². The molecule has 0 unspecified atom stereocenters. The molecule has 0 atom stereocenters. The SMILES string of the molecule is CCN1CCc2cc(-c3nc(Nc4ccc(N5CCNCC5)cn4)ncc3F)ccc2C1=O. The third kappa shape index (κ3) is 4.36. The lowest BCUT2D eigenvalue weighted by Gasteiger charge is -2.29. The average Bonchev–Trinajstić information content (AvgIpc) is 2.86. The fraction of sp³-hybridized carbons (Fsp3) is 0.333. The molecule has 3 aromatic rings. The van der Waals surface area contributed by atoms with Gasteiger partial charge in [-0.25, -0.2) is 19.3 Å². The molecule has 170 valence electrons. The van der Waals surface area contributed by atoms with Gasteiger partial charge in [-0.15, -0.1) is 0 Å². The zero-order valence-corrected chi connectivity index (χ0v) is 18.5. The Bertz CT molecular complexity index is 1160. The number of likely N-dealkylation sites (N-methyl/N-ethyl adjacent to an activating group) is 1. The van der Waals surface area contributed by atoms with Crippen LogP contribution in [0.25, 0.3) is 11.3 Å². The highest BCUT2D eigenvalue weighted by Gasteiger charge is 2.24. The van der Waals surface area contributed by atoms with E-state index in [1.165, 1.54) is 0 Å². The molecule has 1 amide bonds. The highest BCUT2D eigenvalue weighted by Crippen LogP contribution is 2.28. The molecule has 4 heterocycles. The fourth-order valence-electron chi connectivity index (χ4n) is 4.30. The summed E-state index contributed by atoms with van der Waals surface area (Å²) >= 11 is 0. The molecule has 5 rings (SSSR count). The lowest BCUT2D eigenvalue weighted by molar-refractivity contribution is 0.0749. The Morgan fingerprint density at radius 3 is 2.70 bits per heavy atom. The second-order valence-corrected chi connectivity index (χ2v) is 8.16. The molecule has 2 aliphatic heterocycles. The van der Waals surface area contributed by atoms with Crippen LogP contribution in [0.3, 0.4) is 0 Å². The van der Waals surface area contributed by atoms with Crippen molar-refractivity contribution in [3.63, 3.8) is 0 Å². The quantitative estimate of drug-likeness (QED) is 0.622. The topological polar surface area (TPSA) is 86.3 Å².